The lowest BCUT2D eigenvalue weighted by molar-refractivity contribution is 0.220. The molecule has 1 saturated heterocycles. The van der Waals surface area contributed by atoms with Gasteiger partial charge in [0.05, 0.1) is 0 Å². The molecule has 0 atom stereocenters. The molecule has 3 aromatic heterocycles. The smallest absolute Gasteiger partial charge is 0.260 e. The molecule has 2 aromatic carbocycles. The van der Waals surface area contributed by atoms with Gasteiger partial charge in [0.15, 0.2) is 0 Å². The summed E-state index contributed by atoms with van der Waals surface area (Å²) in [6.45, 7) is 7.49. The first-order chi connectivity index (χ1) is 20.4. The molecular weight excluding hydrogens is 551 g/mol. The topological polar surface area (TPSA) is 75.9 Å². The average molecular weight is 583 g/mol. The first kappa shape index (κ1) is 28.0. The second-order valence-corrected chi connectivity index (χ2v) is 11.0. The summed E-state index contributed by atoms with van der Waals surface area (Å²) in [6.07, 6.45) is 7.08. The van der Waals surface area contributed by atoms with Crippen LogP contribution in [-0.4, -0.2) is 44.1 Å². The van der Waals surface area contributed by atoms with Crippen molar-refractivity contribution in [3.63, 3.8) is 0 Å². The van der Waals surface area contributed by atoms with E-state index >= 15 is 4.39 Å². The summed E-state index contributed by atoms with van der Waals surface area (Å²) in [7, 11) is 0. The third-order valence-electron chi connectivity index (χ3n) is 8.13. The number of anilines is 2. The monoisotopic (exact) mass is 582 g/mol. The molecule has 1 N–H and O–H groups in total. The number of piperidine rings is 1. The van der Waals surface area contributed by atoms with Gasteiger partial charge < -0.3 is 10.2 Å². The molecule has 0 unspecified atom stereocenters. The minimum atomic E-state index is -0.225. The molecule has 1 fully saturated rings. The quantitative estimate of drug-likeness (QED) is 0.217. The summed E-state index contributed by atoms with van der Waals surface area (Å²) in [6, 6.07) is 16.5. The Bertz CT molecular complexity index is 1800. The van der Waals surface area contributed by atoms with E-state index in [2.05, 4.69) is 32.1 Å². The highest BCUT2D eigenvalue weighted by molar-refractivity contribution is 6.33. The number of halogens is 2. The minimum absolute atomic E-state index is 0.199. The molecule has 4 heterocycles. The number of likely N-dealkylation sites (tertiary alicyclic amines) is 1. The van der Waals surface area contributed by atoms with E-state index in [4.69, 9.17) is 11.6 Å². The van der Waals surface area contributed by atoms with Crippen molar-refractivity contribution in [1.82, 2.24) is 24.4 Å². The van der Waals surface area contributed by atoms with Gasteiger partial charge in [-0.3, -0.25) is 14.3 Å². The highest BCUT2D eigenvalue weighted by atomic mass is 35.5. The van der Waals surface area contributed by atoms with Crippen LogP contribution in [0.25, 0.3) is 33.3 Å². The zero-order valence-electron chi connectivity index (χ0n) is 23.6. The first-order valence-corrected chi connectivity index (χ1v) is 14.7. The minimum Gasteiger partial charge on any atom is -0.324 e. The van der Waals surface area contributed by atoms with Crippen LogP contribution in [-0.2, 0) is 6.54 Å². The molecule has 0 spiro atoms. The van der Waals surface area contributed by atoms with E-state index in [1.165, 1.54) is 6.07 Å². The van der Waals surface area contributed by atoms with Crippen LogP contribution in [0.1, 0.15) is 38.2 Å². The molecule has 1 aliphatic heterocycles. The van der Waals surface area contributed by atoms with Gasteiger partial charge in [0.25, 0.3) is 5.56 Å². The van der Waals surface area contributed by atoms with E-state index in [9.17, 15) is 4.79 Å². The lowest BCUT2D eigenvalue weighted by Gasteiger charge is -2.31. The molecule has 42 heavy (non-hydrogen) atoms. The van der Waals surface area contributed by atoms with Crippen LogP contribution in [0.3, 0.4) is 0 Å². The first-order valence-electron chi connectivity index (χ1n) is 14.3. The molecule has 1 aliphatic rings. The largest absolute Gasteiger partial charge is 0.324 e. The SMILES string of the molecule is CCN1CCC(c2ccc(Nc3ncc4cc(-c5ccc(-c6cccnc6)cc5Cl)c(=O)n(CC)c4n3)cc2F)CC1. The maximum Gasteiger partial charge on any atom is 0.260 e. The van der Waals surface area contributed by atoms with Gasteiger partial charge in [-0.2, -0.15) is 4.98 Å². The number of hydrogen-bond donors (Lipinski definition) is 1. The van der Waals surface area contributed by atoms with Crippen LogP contribution >= 0.6 is 11.6 Å². The van der Waals surface area contributed by atoms with E-state index in [-0.39, 0.29) is 17.3 Å². The van der Waals surface area contributed by atoms with Crippen molar-refractivity contribution < 1.29 is 4.39 Å². The molecule has 0 saturated carbocycles. The number of pyridine rings is 2. The van der Waals surface area contributed by atoms with Gasteiger partial charge in [-0.05, 0) is 86.8 Å². The highest BCUT2D eigenvalue weighted by Crippen LogP contribution is 2.33. The zero-order valence-corrected chi connectivity index (χ0v) is 24.4. The van der Waals surface area contributed by atoms with Gasteiger partial charge in [-0.1, -0.05) is 42.8 Å². The van der Waals surface area contributed by atoms with Crippen molar-refractivity contribution in [3.8, 4) is 22.3 Å². The van der Waals surface area contributed by atoms with E-state index in [0.29, 0.717) is 45.4 Å². The summed E-state index contributed by atoms with van der Waals surface area (Å²) < 4.78 is 16.8. The standard InChI is InChI=1S/C33H32ClFN6O/c1-3-40-14-11-21(12-15-40)26-10-8-25(18-30(26)35)38-33-37-20-24-16-28(32(42)41(4-2)31(24)39-33)27-9-7-22(17-29(27)34)23-6-5-13-36-19-23/h5-10,13,16-21H,3-4,11-12,14-15H2,1-2H3,(H,37,38,39). The van der Waals surface area contributed by atoms with Crippen molar-refractivity contribution in [1.29, 1.82) is 0 Å². The van der Waals surface area contributed by atoms with Crippen molar-refractivity contribution in [2.75, 3.05) is 25.0 Å². The van der Waals surface area contributed by atoms with Crippen molar-refractivity contribution in [3.05, 3.63) is 99.9 Å². The predicted molar refractivity (Wildman–Crippen MR) is 167 cm³/mol. The van der Waals surface area contributed by atoms with Crippen LogP contribution in [0, 0.1) is 5.82 Å². The van der Waals surface area contributed by atoms with Gasteiger partial charge in [-0.25, -0.2) is 9.37 Å². The lowest BCUT2D eigenvalue weighted by atomic mass is 9.89. The summed E-state index contributed by atoms with van der Waals surface area (Å²) in [5.74, 6) is 0.295. The Morgan fingerprint density at radius 2 is 1.81 bits per heavy atom. The second kappa shape index (κ2) is 12.0. The average Bonchev–Trinajstić information content (AvgIpc) is 3.02. The van der Waals surface area contributed by atoms with E-state index in [1.807, 2.05) is 49.4 Å². The third-order valence-corrected chi connectivity index (χ3v) is 8.44. The van der Waals surface area contributed by atoms with Crippen LogP contribution in [0.15, 0.2) is 78.0 Å². The summed E-state index contributed by atoms with van der Waals surface area (Å²) in [5, 5.41) is 4.29. The van der Waals surface area contributed by atoms with Crippen molar-refractivity contribution in [2.24, 2.45) is 0 Å². The Kier molecular flexibility index (Phi) is 8.00. The number of rotatable bonds is 7. The molecule has 9 heteroatoms. The Morgan fingerprint density at radius 3 is 2.50 bits per heavy atom. The van der Waals surface area contributed by atoms with Crippen LogP contribution in [0.5, 0.6) is 0 Å². The Labute approximate surface area is 249 Å². The van der Waals surface area contributed by atoms with Crippen LogP contribution < -0.4 is 10.9 Å². The molecule has 0 aliphatic carbocycles. The van der Waals surface area contributed by atoms with Gasteiger partial charge in [0.1, 0.15) is 11.5 Å². The molecule has 6 rings (SSSR count). The van der Waals surface area contributed by atoms with Gasteiger partial charge in [0.2, 0.25) is 5.95 Å². The molecule has 5 aromatic rings. The summed E-state index contributed by atoms with van der Waals surface area (Å²) in [4.78, 5) is 29.3. The Morgan fingerprint density at radius 1 is 0.976 bits per heavy atom. The number of hydrogen-bond acceptors (Lipinski definition) is 6. The molecule has 0 bridgehead atoms. The maximum absolute atomic E-state index is 15.1. The van der Waals surface area contributed by atoms with Crippen molar-refractivity contribution >= 4 is 34.3 Å². The van der Waals surface area contributed by atoms with Gasteiger partial charge in [0, 0.05) is 57.9 Å². The normalized spacial score (nSPS) is 14.4. The number of benzene rings is 2. The fourth-order valence-electron chi connectivity index (χ4n) is 5.78. The maximum atomic E-state index is 15.1. The van der Waals surface area contributed by atoms with Crippen molar-refractivity contribution in [2.45, 2.75) is 39.2 Å². The molecule has 0 amide bonds. The fraction of sp³-hybridized carbons (Fsp3) is 0.273. The van der Waals surface area contributed by atoms with E-state index in [1.54, 1.807) is 29.2 Å². The predicted octanol–water partition coefficient (Wildman–Crippen LogP) is 7.28. The number of aromatic nitrogens is 4. The molecule has 0 radical (unpaired) electrons. The number of fused-ring (bicyclic) bond motifs is 1. The van der Waals surface area contributed by atoms with Gasteiger partial charge >= 0.3 is 0 Å². The van der Waals surface area contributed by atoms with E-state index in [0.717, 1.165) is 49.2 Å². The molecule has 214 valence electrons. The second-order valence-electron chi connectivity index (χ2n) is 10.6. The summed E-state index contributed by atoms with van der Waals surface area (Å²) in [5.41, 5.74) is 4.58. The van der Waals surface area contributed by atoms with Crippen LogP contribution in [0.4, 0.5) is 16.0 Å². The summed E-state index contributed by atoms with van der Waals surface area (Å²) >= 11 is 6.69. The van der Waals surface area contributed by atoms with Crippen LogP contribution in [0.2, 0.25) is 5.02 Å². The Balaban J connectivity index is 1.28. The highest BCUT2D eigenvalue weighted by Gasteiger charge is 2.22. The number of nitrogens with zero attached hydrogens (tertiary/aromatic N) is 5. The van der Waals surface area contributed by atoms with Gasteiger partial charge in [-0.15, -0.1) is 0 Å². The third kappa shape index (κ3) is 5.52. The molecular formula is C33H32ClFN6O. The fourth-order valence-corrected chi connectivity index (χ4v) is 6.06. The lowest BCUT2D eigenvalue weighted by Crippen LogP contribution is -2.32. The Hall–Kier alpha value is -4.14. The molecule has 7 nitrogen and oxygen atoms in total. The van der Waals surface area contributed by atoms with E-state index < -0.39 is 0 Å². The number of aryl methyl sites for hydroxylation is 1. The number of nitrogens with one attached hydrogen (secondary N) is 1. The zero-order chi connectivity index (χ0) is 29.2.